The monoisotopic (exact) mass is 861 g/mol. The number of aromatic nitrogens is 10. The van der Waals surface area contributed by atoms with Crippen molar-refractivity contribution < 1.29 is 33.2 Å². The van der Waals surface area contributed by atoms with Crippen LogP contribution in [0.25, 0.3) is 22.1 Å². The maximum absolute atomic E-state index is 13.7. The number of carbonyl (C=O) groups excluding carboxylic acids is 3. The van der Waals surface area contributed by atoms with Crippen LogP contribution in [0.3, 0.4) is 0 Å². The van der Waals surface area contributed by atoms with Crippen LogP contribution >= 0.6 is 0 Å². The van der Waals surface area contributed by atoms with E-state index in [1.165, 1.54) is 0 Å². The lowest BCUT2D eigenvalue weighted by Crippen LogP contribution is -2.25. The lowest BCUT2D eigenvalue weighted by Gasteiger charge is -2.14. The number of ether oxygens (including phenoxy) is 2. The third-order valence-electron chi connectivity index (χ3n) is 10.3. The minimum atomic E-state index is -0.635. The van der Waals surface area contributed by atoms with Crippen LogP contribution in [0.1, 0.15) is 80.8 Å². The highest BCUT2D eigenvalue weighted by Gasteiger charge is 2.23. The molecule has 2 aromatic carbocycles. The van der Waals surface area contributed by atoms with Crippen molar-refractivity contribution in [1.82, 2.24) is 54.1 Å². The number of hydrogen-bond acceptors (Lipinski definition) is 14. The second-order valence-corrected chi connectivity index (χ2v) is 14.8. The first-order valence-electron chi connectivity index (χ1n) is 20.7. The van der Waals surface area contributed by atoms with Gasteiger partial charge in [-0.15, -0.1) is 0 Å². The minimum absolute atomic E-state index is 0.193. The molecule has 1 aliphatic rings. The number of nitrogens with zero attached hydrogens (tertiary/aromatic N) is 9. The van der Waals surface area contributed by atoms with Gasteiger partial charge in [-0.3, -0.25) is 43.4 Å². The molecule has 0 bridgehead atoms. The molecule has 0 saturated heterocycles. The Morgan fingerprint density at radius 3 is 2.25 bits per heavy atom. The Balaban J connectivity index is 1.13. The van der Waals surface area contributed by atoms with Crippen LogP contribution in [-0.4, -0.2) is 86.7 Å². The summed E-state index contributed by atoms with van der Waals surface area (Å²) in [7, 11) is 0. The highest BCUT2D eigenvalue weighted by molar-refractivity contribution is 6.03. The largest absolute Gasteiger partial charge is 0.491 e. The molecule has 21 nitrogen and oxygen atoms in total. The average Bonchev–Trinajstić information content (AvgIpc) is 4.10. The van der Waals surface area contributed by atoms with E-state index in [-0.39, 0.29) is 50.7 Å². The molecule has 0 atom stereocenters. The number of anilines is 2. The summed E-state index contributed by atoms with van der Waals surface area (Å²) in [5.41, 5.74) is 8.69. The van der Waals surface area contributed by atoms with Crippen LogP contribution in [0.4, 0.5) is 11.9 Å². The van der Waals surface area contributed by atoms with E-state index in [1.807, 2.05) is 59.7 Å². The van der Waals surface area contributed by atoms with E-state index in [0.29, 0.717) is 107 Å². The summed E-state index contributed by atoms with van der Waals surface area (Å²) in [6.45, 7) is 10.3. The topological polar surface area (TPSA) is 245 Å². The van der Waals surface area contributed by atoms with Gasteiger partial charge in [0.1, 0.15) is 41.1 Å². The summed E-state index contributed by atoms with van der Waals surface area (Å²) >= 11 is 0. The first-order chi connectivity index (χ1) is 30.6. The van der Waals surface area contributed by atoms with Crippen molar-refractivity contribution in [2.75, 3.05) is 30.6 Å². The summed E-state index contributed by atoms with van der Waals surface area (Å²) in [4.78, 5) is 68.8. The molecule has 6 heterocycles. The Hall–Kier alpha value is -7.55. The summed E-state index contributed by atoms with van der Waals surface area (Å²) in [6, 6.07) is 10.3. The number of benzene rings is 2. The average molecular weight is 862 g/mol. The van der Waals surface area contributed by atoms with Gasteiger partial charge in [-0.05, 0) is 70.5 Å². The van der Waals surface area contributed by atoms with Crippen LogP contribution in [0, 0.1) is 13.8 Å². The van der Waals surface area contributed by atoms with Gasteiger partial charge in [0.05, 0.1) is 41.3 Å². The van der Waals surface area contributed by atoms with E-state index in [2.05, 4.69) is 41.0 Å². The third kappa shape index (κ3) is 9.22. The van der Waals surface area contributed by atoms with Crippen molar-refractivity contribution in [3.63, 3.8) is 0 Å². The number of rotatable bonds is 14. The molecule has 0 saturated carbocycles. The van der Waals surface area contributed by atoms with E-state index in [0.717, 1.165) is 17.7 Å². The highest BCUT2D eigenvalue weighted by atomic mass is 16.6. The van der Waals surface area contributed by atoms with Crippen LogP contribution in [0.15, 0.2) is 57.9 Å². The predicted molar refractivity (Wildman–Crippen MR) is 229 cm³/mol. The predicted octanol–water partition coefficient (Wildman–Crippen LogP) is 4.50. The van der Waals surface area contributed by atoms with Gasteiger partial charge < -0.3 is 23.9 Å². The molecule has 8 rings (SSSR count). The standard InChI is InChI=1S/C42H47N13O8/c1-5-54-29(17-25(3)48-54)24-62-51-41-45-31-21-28(38(57)43-12-9-11-35-46-42(59)63-50-35)22-34-37(31)53(41)14-8-7-13-52-36-30(19-27(23-56)20-33(36)60-15-10-16-61-34)44-40(52)47-39(58)32-18-26(4)49-55(32)6-2/h7-8,17-23H,5-6,9-16,24H2,1-4H3,(H,43,57)(H,45,51)(H,44,47,58)(H,46,50,59)/b8-7+. The molecular formula is C42H47N13O8. The minimum Gasteiger partial charge on any atom is -0.491 e. The summed E-state index contributed by atoms with van der Waals surface area (Å²) < 4.78 is 24.5. The quantitative estimate of drug-likeness (QED) is 0.0509. The van der Waals surface area contributed by atoms with Crippen molar-refractivity contribution >= 4 is 52.1 Å². The van der Waals surface area contributed by atoms with E-state index in [1.54, 1.807) is 35.0 Å². The fourth-order valence-electron chi connectivity index (χ4n) is 7.44. The number of aryl methyl sites for hydroxylation is 5. The molecule has 0 fully saturated rings. The third-order valence-corrected chi connectivity index (χ3v) is 10.3. The summed E-state index contributed by atoms with van der Waals surface area (Å²) in [5, 5.41) is 18.5. The second-order valence-electron chi connectivity index (χ2n) is 14.8. The first kappa shape index (κ1) is 42.2. The first-order valence-corrected chi connectivity index (χ1v) is 20.7. The smallest absolute Gasteiger partial charge is 0.438 e. The molecule has 2 amide bonds. The van der Waals surface area contributed by atoms with Gasteiger partial charge in [-0.1, -0.05) is 17.3 Å². The van der Waals surface area contributed by atoms with Crippen molar-refractivity contribution in [2.24, 2.45) is 0 Å². The molecule has 63 heavy (non-hydrogen) atoms. The zero-order chi connectivity index (χ0) is 44.0. The number of carbonyl (C=O) groups is 3. The van der Waals surface area contributed by atoms with Crippen LogP contribution < -0.4 is 31.3 Å². The Labute approximate surface area is 359 Å². The Kier molecular flexibility index (Phi) is 12.4. The van der Waals surface area contributed by atoms with E-state index in [4.69, 9.17) is 24.3 Å². The zero-order valence-corrected chi connectivity index (χ0v) is 35.3. The number of imidazole rings is 2. The van der Waals surface area contributed by atoms with Crippen molar-refractivity contribution in [2.45, 2.75) is 79.7 Å². The molecule has 7 aromatic rings. The molecule has 0 radical (unpaired) electrons. The molecule has 4 N–H and O–H groups in total. The van der Waals surface area contributed by atoms with Crippen LogP contribution in [0.2, 0.25) is 0 Å². The maximum atomic E-state index is 13.7. The van der Waals surface area contributed by atoms with Crippen LogP contribution in [0.5, 0.6) is 11.5 Å². The van der Waals surface area contributed by atoms with E-state index >= 15 is 0 Å². The molecule has 0 spiro atoms. The van der Waals surface area contributed by atoms with Gasteiger partial charge in [0.25, 0.3) is 11.8 Å². The number of aldehydes is 1. The number of nitrogens with one attached hydrogen (secondary N) is 4. The fraction of sp³-hybridized carbons (Fsp3) is 0.357. The Morgan fingerprint density at radius 1 is 0.857 bits per heavy atom. The van der Waals surface area contributed by atoms with Crippen molar-refractivity contribution in [3.8, 4) is 11.5 Å². The lowest BCUT2D eigenvalue weighted by atomic mass is 10.1. The maximum Gasteiger partial charge on any atom is 0.438 e. The number of H-pyrrole nitrogens is 1. The lowest BCUT2D eigenvalue weighted by molar-refractivity contribution is 0.0951. The molecule has 0 aliphatic carbocycles. The van der Waals surface area contributed by atoms with Gasteiger partial charge in [-0.2, -0.15) is 10.2 Å². The second kappa shape index (κ2) is 18.6. The number of aromatic amines is 1. The molecular weight excluding hydrogens is 815 g/mol. The highest BCUT2D eigenvalue weighted by Crippen LogP contribution is 2.33. The van der Waals surface area contributed by atoms with Gasteiger partial charge in [0.2, 0.25) is 11.9 Å². The number of hydrogen-bond donors (Lipinski definition) is 4. The SMILES string of the molecule is CCn1nc(C)cc1CONc1nc2cc(C(=O)NCCCc3noc(=O)[nH]3)cc3c2n1C/C=C/Cn1c(NC(=O)c2cc(C)nn2CC)nc2cc(C=O)cc(c21)OCCCO3. The van der Waals surface area contributed by atoms with E-state index in [9.17, 15) is 19.2 Å². The zero-order valence-electron chi connectivity index (χ0n) is 35.3. The van der Waals surface area contributed by atoms with Gasteiger partial charge in [-0.25, -0.2) is 20.2 Å². The number of allylic oxidation sites excluding steroid dienone is 2. The van der Waals surface area contributed by atoms with Gasteiger partial charge >= 0.3 is 5.76 Å². The fourth-order valence-corrected chi connectivity index (χ4v) is 7.44. The van der Waals surface area contributed by atoms with Crippen molar-refractivity contribution in [3.05, 3.63) is 98.8 Å². The normalized spacial score (nSPS) is 13.5. The van der Waals surface area contributed by atoms with Gasteiger partial charge in [0.15, 0.2) is 5.82 Å². The molecule has 5 aromatic heterocycles. The molecule has 21 heteroatoms. The Bertz CT molecular complexity index is 2890. The molecule has 1 aliphatic heterocycles. The summed E-state index contributed by atoms with van der Waals surface area (Å²) in [6.07, 6.45) is 5.90. The van der Waals surface area contributed by atoms with Crippen LogP contribution in [-0.2, 0) is 44.0 Å². The van der Waals surface area contributed by atoms with E-state index < -0.39 is 5.76 Å². The van der Waals surface area contributed by atoms with Crippen molar-refractivity contribution in [1.29, 1.82) is 0 Å². The summed E-state index contributed by atoms with van der Waals surface area (Å²) in [5.74, 6) is 0.465. The van der Waals surface area contributed by atoms with Gasteiger partial charge in [0, 0.05) is 56.7 Å². The molecule has 0 unspecified atom stereocenters. The number of amides is 2. The molecule has 328 valence electrons. The Morgan fingerprint density at radius 2 is 1.54 bits per heavy atom.